The molecule has 0 amide bonds. The molecule has 7 heteroatoms. The molecule has 2 aromatic rings. The Labute approximate surface area is 188 Å². The van der Waals surface area contributed by atoms with Crippen LogP contribution in [-0.4, -0.2) is 54.2 Å². The number of thioether (sulfide) groups is 1. The number of benzene rings is 1. The molecule has 164 valence electrons. The van der Waals surface area contributed by atoms with Crippen molar-refractivity contribution < 1.29 is 9.47 Å². The van der Waals surface area contributed by atoms with Crippen LogP contribution in [0.15, 0.2) is 41.5 Å². The van der Waals surface area contributed by atoms with Crippen LogP contribution in [0.25, 0.3) is 0 Å². The van der Waals surface area contributed by atoms with E-state index in [9.17, 15) is 0 Å². The molecule has 31 heavy (non-hydrogen) atoms. The molecule has 0 unspecified atom stereocenters. The van der Waals surface area contributed by atoms with Crippen molar-refractivity contribution in [3.63, 3.8) is 0 Å². The molecular formula is C24H30N4O2S. The number of anilines is 1. The van der Waals surface area contributed by atoms with Crippen LogP contribution in [-0.2, 0) is 0 Å². The van der Waals surface area contributed by atoms with Crippen molar-refractivity contribution in [1.82, 2.24) is 9.88 Å². The quantitative estimate of drug-likeness (QED) is 0.653. The third-order valence-corrected chi connectivity index (χ3v) is 7.75. The topological polar surface area (TPSA) is 50.2 Å². The summed E-state index contributed by atoms with van der Waals surface area (Å²) in [5.41, 5.74) is 3.24. The summed E-state index contributed by atoms with van der Waals surface area (Å²) in [6.07, 6.45) is 5.38. The van der Waals surface area contributed by atoms with Crippen LogP contribution in [0.3, 0.4) is 0 Å². The highest BCUT2D eigenvalue weighted by Gasteiger charge is 2.46. The van der Waals surface area contributed by atoms with Crippen molar-refractivity contribution in [3.05, 3.63) is 47.8 Å². The van der Waals surface area contributed by atoms with Crippen molar-refractivity contribution in [2.45, 2.75) is 44.3 Å². The monoisotopic (exact) mass is 438 g/mol. The van der Waals surface area contributed by atoms with E-state index in [1.165, 1.54) is 12.8 Å². The molecule has 2 fully saturated rings. The lowest BCUT2D eigenvalue weighted by molar-refractivity contribution is 0.248. The second-order valence-electron chi connectivity index (χ2n) is 8.30. The maximum absolute atomic E-state index is 5.97. The molecule has 4 heterocycles. The van der Waals surface area contributed by atoms with Gasteiger partial charge in [-0.05, 0) is 37.5 Å². The van der Waals surface area contributed by atoms with Gasteiger partial charge in [0.15, 0.2) is 5.17 Å². The lowest BCUT2D eigenvalue weighted by Gasteiger charge is -2.33. The Morgan fingerprint density at radius 3 is 2.58 bits per heavy atom. The first-order chi connectivity index (χ1) is 15.2. The molecule has 1 aromatic carbocycles. The van der Waals surface area contributed by atoms with Gasteiger partial charge in [-0.2, -0.15) is 0 Å². The van der Waals surface area contributed by atoms with Gasteiger partial charge in [0.25, 0.3) is 0 Å². The van der Waals surface area contributed by atoms with Gasteiger partial charge in [-0.3, -0.25) is 9.98 Å². The van der Waals surface area contributed by atoms with E-state index in [0.29, 0.717) is 6.04 Å². The second-order valence-corrected chi connectivity index (χ2v) is 9.28. The first-order valence-electron chi connectivity index (χ1n) is 11.2. The number of pyridine rings is 1. The summed E-state index contributed by atoms with van der Waals surface area (Å²) >= 11 is 1.86. The Morgan fingerprint density at radius 1 is 1.10 bits per heavy atom. The summed E-state index contributed by atoms with van der Waals surface area (Å²) in [5.74, 6) is 2.88. The summed E-state index contributed by atoms with van der Waals surface area (Å²) in [7, 11) is 3.53. The summed E-state index contributed by atoms with van der Waals surface area (Å²) in [5, 5.41) is 1.12. The predicted octanol–water partition coefficient (Wildman–Crippen LogP) is 4.68. The number of fused-ring (bicyclic) bond motifs is 1. The van der Waals surface area contributed by atoms with Crippen molar-refractivity contribution in [2.75, 3.05) is 38.0 Å². The van der Waals surface area contributed by atoms with Gasteiger partial charge in [-0.25, -0.2) is 0 Å². The van der Waals surface area contributed by atoms with Gasteiger partial charge < -0.3 is 19.3 Å². The molecule has 3 aliphatic rings. The van der Waals surface area contributed by atoms with Crippen molar-refractivity contribution in [3.8, 4) is 11.5 Å². The third-order valence-electron chi connectivity index (χ3n) is 6.63. The number of ether oxygens (including phenoxy) is 2. The van der Waals surface area contributed by atoms with E-state index in [4.69, 9.17) is 14.5 Å². The molecule has 0 aliphatic carbocycles. The van der Waals surface area contributed by atoms with E-state index in [2.05, 4.69) is 39.9 Å². The highest BCUT2D eigenvalue weighted by molar-refractivity contribution is 8.14. The highest BCUT2D eigenvalue weighted by Crippen LogP contribution is 2.52. The predicted molar refractivity (Wildman–Crippen MR) is 127 cm³/mol. The lowest BCUT2D eigenvalue weighted by Crippen LogP contribution is -2.35. The van der Waals surface area contributed by atoms with Gasteiger partial charge in [-0.15, -0.1) is 0 Å². The Balaban J connectivity index is 1.63. The number of hydrogen-bond acceptors (Lipinski definition) is 7. The fraction of sp³-hybridized carbons (Fsp3) is 0.500. The lowest BCUT2D eigenvalue weighted by atomic mass is 9.93. The summed E-state index contributed by atoms with van der Waals surface area (Å²) < 4.78 is 11.9. The zero-order chi connectivity index (χ0) is 21.4. The van der Waals surface area contributed by atoms with Gasteiger partial charge in [0.05, 0.1) is 31.6 Å². The second kappa shape index (κ2) is 8.61. The van der Waals surface area contributed by atoms with Gasteiger partial charge in [0.2, 0.25) is 0 Å². The molecule has 5 rings (SSSR count). The van der Waals surface area contributed by atoms with Crippen molar-refractivity contribution in [2.24, 2.45) is 4.99 Å². The van der Waals surface area contributed by atoms with E-state index in [1.807, 2.05) is 30.1 Å². The number of rotatable bonds is 6. The normalized spacial score (nSPS) is 25.0. The Bertz CT molecular complexity index is 962. The van der Waals surface area contributed by atoms with Gasteiger partial charge in [-0.1, -0.05) is 24.8 Å². The minimum atomic E-state index is -0.0608. The van der Waals surface area contributed by atoms with Crippen LogP contribution in [0, 0.1) is 0 Å². The molecule has 3 aliphatic heterocycles. The molecule has 1 aromatic heterocycles. The largest absolute Gasteiger partial charge is 0.496 e. The van der Waals surface area contributed by atoms with Crippen LogP contribution < -0.4 is 14.4 Å². The highest BCUT2D eigenvalue weighted by atomic mass is 32.2. The smallest absolute Gasteiger partial charge is 0.160 e. The number of hydrogen-bond donors (Lipinski definition) is 0. The molecule has 0 spiro atoms. The third kappa shape index (κ3) is 3.53. The minimum Gasteiger partial charge on any atom is -0.496 e. The van der Waals surface area contributed by atoms with Crippen LogP contribution in [0.4, 0.5) is 5.69 Å². The first kappa shape index (κ1) is 20.5. The minimum absolute atomic E-state index is 0.0429. The standard InChI is InChI=1S/C24H30N4O2S/c1-4-16-15-31-24-26-22(18-9-5-6-10-25-18)23(28(16)24)17-13-21(30-3)19(14-20(17)29-2)27-11-7-8-12-27/h5-6,9-10,13-14,16,22-23H,4,7-8,11-12,15H2,1-3H3/t16-,22-,23+/m0/s1. The molecule has 6 nitrogen and oxygen atoms in total. The molecule has 0 N–H and O–H groups in total. The number of aromatic nitrogens is 1. The van der Waals surface area contributed by atoms with Crippen LogP contribution in [0.5, 0.6) is 11.5 Å². The molecular weight excluding hydrogens is 408 g/mol. The molecule has 2 saturated heterocycles. The van der Waals surface area contributed by atoms with Crippen molar-refractivity contribution in [1.29, 1.82) is 0 Å². The summed E-state index contributed by atoms with van der Waals surface area (Å²) in [4.78, 5) is 14.7. The van der Waals surface area contributed by atoms with E-state index < -0.39 is 0 Å². The number of nitrogens with zero attached hydrogens (tertiary/aromatic N) is 4. The van der Waals surface area contributed by atoms with Gasteiger partial charge in [0, 0.05) is 42.7 Å². The number of amidine groups is 1. The fourth-order valence-corrected chi connectivity index (χ4v) is 6.37. The maximum Gasteiger partial charge on any atom is 0.160 e. The van der Waals surface area contributed by atoms with Crippen LogP contribution >= 0.6 is 11.8 Å². The molecule has 0 radical (unpaired) electrons. The SMILES string of the molecule is CC[C@H]1CSC2=N[C@@H](c3ccccn3)[C@@H](c3cc(OC)c(N4CCCC4)cc3OC)N21. The maximum atomic E-state index is 5.97. The van der Waals surface area contributed by atoms with Crippen LogP contribution in [0.2, 0.25) is 0 Å². The van der Waals surface area contributed by atoms with Crippen LogP contribution in [0.1, 0.15) is 49.5 Å². The van der Waals surface area contributed by atoms with Gasteiger partial charge in [0.1, 0.15) is 17.5 Å². The molecule has 0 saturated carbocycles. The number of aliphatic imine (C=N–C) groups is 1. The van der Waals surface area contributed by atoms with E-state index in [-0.39, 0.29) is 12.1 Å². The zero-order valence-electron chi connectivity index (χ0n) is 18.5. The first-order valence-corrected chi connectivity index (χ1v) is 12.1. The molecule has 3 atom stereocenters. The van der Waals surface area contributed by atoms with E-state index in [1.54, 1.807) is 14.2 Å². The fourth-order valence-electron chi connectivity index (χ4n) is 5.03. The Kier molecular flexibility index (Phi) is 5.69. The average molecular weight is 439 g/mol. The zero-order valence-corrected chi connectivity index (χ0v) is 19.3. The Morgan fingerprint density at radius 2 is 1.90 bits per heavy atom. The average Bonchev–Trinajstić information content (AvgIpc) is 3.55. The summed E-state index contributed by atoms with van der Waals surface area (Å²) in [6, 6.07) is 10.9. The molecule has 0 bridgehead atoms. The Hall–Kier alpha value is -2.41. The van der Waals surface area contributed by atoms with E-state index in [0.717, 1.165) is 58.9 Å². The van der Waals surface area contributed by atoms with E-state index >= 15 is 0 Å². The summed E-state index contributed by atoms with van der Waals surface area (Å²) in [6.45, 7) is 4.38. The van der Waals surface area contributed by atoms with Gasteiger partial charge >= 0.3 is 0 Å². The number of methoxy groups -OCH3 is 2. The van der Waals surface area contributed by atoms with Crippen molar-refractivity contribution >= 4 is 22.6 Å².